The second-order valence-electron chi connectivity index (χ2n) is 11.7. The molecule has 0 bridgehead atoms. The second-order valence-corrected chi connectivity index (χ2v) is 19.2. The Morgan fingerprint density at radius 3 is 0.880 bits per heavy atom. The van der Waals surface area contributed by atoms with Gasteiger partial charge in [-0.3, -0.25) is 0 Å². The van der Waals surface area contributed by atoms with Crippen molar-refractivity contribution in [3.8, 4) is 11.1 Å². The van der Waals surface area contributed by atoms with Crippen molar-refractivity contribution >= 4 is 88.6 Å². The van der Waals surface area contributed by atoms with Crippen LogP contribution in [0.15, 0.2) is 194 Å². The van der Waals surface area contributed by atoms with Crippen LogP contribution < -0.4 is 31.8 Å². The molecule has 0 saturated carbocycles. The summed E-state index contributed by atoms with van der Waals surface area (Å²) in [5.41, 5.74) is 2.75. The number of fused-ring (bicyclic) bond motifs is 2. The number of benzene rings is 8. The molecule has 0 aliphatic rings. The summed E-state index contributed by atoms with van der Waals surface area (Å²) >= 11 is -0.346. The van der Waals surface area contributed by atoms with E-state index < -0.39 is 15.8 Å². The molecule has 0 aliphatic carbocycles. The molecule has 8 aromatic carbocycles. The minimum absolute atomic E-state index is 0. The minimum atomic E-state index is -1.37. The van der Waals surface area contributed by atoms with Gasteiger partial charge in [-0.25, -0.2) is 0 Å². The molecule has 8 aromatic rings. The SMILES string of the molecule is [CH3-].[Cl][Ru][Cl].c1ccc([PH+](c2ccccc2)c2ccc3ccccc3c2-c2c([PH+](c3ccccc3)c3ccccc3)ccc3ccccc23)cc1. The molecule has 0 fully saturated rings. The van der Waals surface area contributed by atoms with E-state index in [9.17, 15) is 0 Å². The summed E-state index contributed by atoms with van der Waals surface area (Å²) in [5.74, 6) is 0. The van der Waals surface area contributed by atoms with E-state index in [1.807, 2.05) is 0 Å². The van der Waals surface area contributed by atoms with Gasteiger partial charge in [-0.05, 0) is 82.2 Å². The van der Waals surface area contributed by atoms with E-state index in [-0.39, 0.29) is 22.6 Å². The third kappa shape index (κ3) is 7.65. The first-order valence-corrected chi connectivity index (χ1v) is 23.6. The van der Waals surface area contributed by atoms with Crippen molar-refractivity contribution < 1.29 is 15.1 Å². The standard InChI is InChI=1S/C44H32P2.CH3.2ClH.Ru/c1-5-19-35(20-6-1)45(36-21-7-2-8-22-36)41-31-29-33-17-13-15-27-39(33)43(41)44-40-28-16-14-18-34(40)30-32-42(44)46(37-23-9-3-10-24-37)38-25-11-4-12-26-38;;;;/h1-32H;1H3;2*1H;/q;-1;;;+2. The van der Waals surface area contributed by atoms with Crippen molar-refractivity contribution in [2.75, 3.05) is 0 Å². The molecule has 8 rings (SSSR count). The summed E-state index contributed by atoms with van der Waals surface area (Å²) < 4.78 is 0. The first kappa shape index (κ1) is 36.1. The van der Waals surface area contributed by atoms with Crippen molar-refractivity contribution in [3.05, 3.63) is 202 Å². The molecule has 0 saturated heterocycles. The summed E-state index contributed by atoms with van der Waals surface area (Å²) in [4.78, 5) is 0. The van der Waals surface area contributed by atoms with Crippen molar-refractivity contribution in [2.24, 2.45) is 0 Å². The Labute approximate surface area is 314 Å². The summed E-state index contributed by atoms with van der Waals surface area (Å²) in [7, 11) is 6.97. The zero-order chi connectivity index (χ0) is 33.4. The molecule has 0 radical (unpaired) electrons. The van der Waals surface area contributed by atoms with Crippen LogP contribution in [0.4, 0.5) is 0 Å². The molecule has 0 aliphatic heterocycles. The summed E-state index contributed by atoms with van der Waals surface area (Å²) in [6.07, 6.45) is 0. The van der Waals surface area contributed by atoms with Crippen LogP contribution in [-0.2, 0) is 15.1 Å². The van der Waals surface area contributed by atoms with Crippen molar-refractivity contribution in [1.29, 1.82) is 0 Å². The fourth-order valence-electron chi connectivity index (χ4n) is 6.87. The van der Waals surface area contributed by atoms with E-state index in [2.05, 4.69) is 194 Å². The van der Waals surface area contributed by atoms with Gasteiger partial charge < -0.3 is 7.43 Å². The van der Waals surface area contributed by atoms with E-state index in [4.69, 9.17) is 19.4 Å². The van der Waals surface area contributed by atoms with E-state index in [1.165, 1.54) is 64.5 Å². The number of rotatable bonds is 7. The van der Waals surface area contributed by atoms with Gasteiger partial charge in [0, 0.05) is 11.1 Å². The maximum atomic E-state index is 4.85. The maximum absolute atomic E-state index is 4.85. The molecule has 0 unspecified atom stereocenters. The minimum Gasteiger partial charge on any atom is -0.0620 e. The normalized spacial score (nSPS) is 11.0. The number of hydrogen-bond donors (Lipinski definition) is 0. The second kappa shape index (κ2) is 17.5. The van der Waals surface area contributed by atoms with Gasteiger partial charge in [-0.1, -0.05) is 133 Å². The molecule has 0 atom stereocenters. The molecule has 0 N–H and O–H groups in total. The van der Waals surface area contributed by atoms with Crippen LogP contribution in [0, 0.1) is 7.43 Å². The van der Waals surface area contributed by atoms with Gasteiger partial charge in [0.05, 0.1) is 15.8 Å². The fourth-order valence-corrected chi connectivity index (χ4v) is 12.4. The third-order valence-electron chi connectivity index (χ3n) is 8.90. The monoisotopic (exact) mass is 811 g/mol. The van der Waals surface area contributed by atoms with Gasteiger partial charge >= 0.3 is 34.5 Å². The van der Waals surface area contributed by atoms with E-state index in [0.29, 0.717) is 0 Å². The van der Waals surface area contributed by atoms with E-state index in [0.717, 1.165) is 0 Å². The van der Waals surface area contributed by atoms with Crippen LogP contribution in [0.3, 0.4) is 0 Å². The first-order valence-electron chi connectivity index (χ1n) is 16.1. The number of halogens is 2. The Bertz CT molecular complexity index is 2040. The van der Waals surface area contributed by atoms with Crippen molar-refractivity contribution in [2.45, 2.75) is 0 Å². The van der Waals surface area contributed by atoms with Crippen LogP contribution in [-0.4, -0.2) is 0 Å². The third-order valence-corrected chi connectivity index (χ3v) is 14.4. The van der Waals surface area contributed by atoms with Crippen LogP contribution in [0.25, 0.3) is 32.7 Å². The molecule has 50 heavy (non-hydrogen) atoms. The molecule has 0 amide bonds. The average Bonchev–Trinajstić information content (AvgIpc) is 3.17. The van der Waals surface area contributed by atoms with Crippen LogP contribution >= 0.6 is 35.2 Å². The van der Waals surface area contributed by atoms with Crippen molar-refractivity contribution in [1.82, 2.24) is 0 Å². The predicted octanol–water partition coefficient (Wildman–Crippen LogP) is 10.5. The molecular weight excluding hydrogens is 774 g/mol. The average molecular weight is 812 g/mol. The Kier molecular flexibility index (Phi) is 12.7. The molecule has 0 spiro atoms. The molecular formula is C45H37Cl2P2Ru+. The van der Waals surface area contributed by atoms with Crippen LogP contribution in [0.1, 0.15) is 0 Å². The summed E-state index contributed by atoms with van der Waals surface area (Å²) in [6, 6.07) is 72.2. The Morgan fingerprint density at radius 2 is 0.580 bits per heavy atom. The van der Waals surface area contributed by atoms with Gasteiger partial charge in [0.1, 0.15) is 31.8 Å². The fraction of sp³-hybridized carbons (Fsp3) is 0. The Balaban J connectivity index is 0.00000104. The van der Waals surface area contributed by atoms with Gasteiger partial charge in [0.15, 0.2) is 0 Å². The van der Waals surface area contributed by atoms with Gasteiger partial charge in [0.2, 0.25) is 0 Å². The van der Waals surface area contributed by atoms with Gasteiger partial charge in [-0.2, -0.15) is 0 Å². The summed E-state index contributed by atoms with van der Waals surface area (Å²) in [5, 5.41) is 13.6. The number of hydrogen-bond acceptors (Lipinski definition) is 0. The molecule has 0 nitrogen and oxygen atoms in total. The quantitative estimate of drug-likeness (QED) is 0.0855. The largest absolute Gasteiger partial charge is 0.111 e. The topological polar surface area (TPSA) is 0 Å². The summed E-state index contributed by atoms with van der Waals surface area (Å²) in [6.45, 7) is 0. The smallest absolute Gasteiger partial charge is 0.0620 e. The van der Waals surface area contributed by atoms with E-state index >= 15 is 0 Å². The maximum Gasteiger partial charge on any atom is 0.111 e. The zero-order valence-electron chi connectivity index (χ0n) is 27.6. The zero-order valence-corrected chi connectivity index (χ0v) is 32.8. The van der Waals surface area contributed by atoms with Crippen LogP contribution in [0.5, 0.6) is 0 Å². The molecule has 248 valence electrons. The Morgan fingerprint density at radius 1 is 0.320 bits per heavy atom. The molecule has 0 heterocycles. The predicted molar refractivity (Wildman–Crippen MR) is 225 cm³/mol. The van der Waals surface area contributed by atoms with Crippen LogP contribution in [0.2, 0.25) is 0 Å². The van der Waals surface area contributed by atoms with E-state index in [1.54, 1.807) is 0 Å². The first-order chi connectivity index (χ1) is 24.3. The Hall–Kier alpha value is -3.66. The molecule has 0 aromatic heterocycles. The van der Waals surface area contributed by atoms with Gasteiger partial charge in [-0.15, -0.1) is 0 Å². The molecule has 5 heteroatoms. The van der Waals surface area contributed by atoms with Gasteiger partial charge in [0.25, 0.3) is 0 Å². The van der Waals surface area contributed by atoms with Crippen molar-refractivity contribution in [3.63, 3.8) is 0 Å².